The number of rotatable bonds is 3. The molecule has 1 aromatic rings. The summed E-state index contributed by atoms with van der Waals surface area (Å²) in [6.45, 7) is 1.27. The molecule has 1 aromatic carbocycles. The Labute approximate surface area is 110 Å². The smallest absolute Gasteiger partial charge is 0.271 e. The number of benzene rings is 1. The predicted molar refractivity (Wildman–Crippen MR) is 69.1 cm³/mol. The van der Waals surface area contributed by atoms with Crippen LogP contribution in [0.5, 0.6) is 0 Å². The minimum absolute atomic E-state index is 0.0314. The zero-order valence-corrected chi connectivity index (χ0v) is 10.5. The third-order valence-corrected chi connectivity index (χ3v) is 3.87. The Hall–Kier alpha value is -1.66. The van der Waals surface area contributed by atoms with E-state index in [4.69, 9.17) is 4.74 Å². The Morgan fingerprint density at radius 1 is 1.42 bits per heavy atom. The zero-order chi connectivity index (χ0) is 13.4. The van der Waals surface area contributed by atoms with E-state index in [1.807, 2.05) is 6.07 Å². The van der Waals surface area contributed by atoms with E-state index in [1.54, 1.807) is 6.07 Å². The van der Waals surface area contributed by atoms with Gasteiger partial charge in [0.15, 0.2) is 0 Å². The summed E-state index contributed by atoms with van der Waals surface area (Å²) in [5.74, 6) is 0. The topological polar surface area (TPSA) is 75.8 Å². The minimum atomic E-state index is -0.415. The van der Waals surface area contributed by atoms with E-state index in [0.717, 1.165) is 25.1 Å². The number of nitro groups is 1. The van der Waals surface area contributed by atoms with Crippen LogP contribution in [-0.4, -0.2) is 35.3 Å². The standard InChI is InChI=1S/C13H16N2O4/c16-7-9-3-11(5-12(4-9)15(17)18)14-6-13-2-1-10(14)8-19-13/h3-5,10,13,16H,1-2,6-8H2. The molecule has 0 aliphatic carbocycles. The molecule has 2 bridgehead atoms. The lowest BCUT2D eigenvalue weighted by atomic mass is 9.96. The third-order valence-electron chi connectivity index (χ3n) is 3.87. The van der Waals surface area contributed by atoms with Gasteiger partial charge in [0, 0.05) is 24.4 Å². The number of nitro benzene ring substituents is 1. The number of anilines is 1. The summed E-state index contributed by atoms with van der Waals surface area (Å²) >= 11 is 0. The molecule has 2 atom stereocenters. The number of aliphatic hydroxyl groups excluding tert-OH is 1. The maximum atomic E-state index is 10.9. The van der Waals surface area contributed by atoms with Gasteiger partial charge < -0.3 is 14.7 Å². The molecule has 1 N–H and O–H groups in total. The molecule has 102 valence electrons. The van der Waals surface area contributed by atoms with E-state index in [-0.39, 0.29) is 18.4 Å². The maximum Gasteiger partial charge on any atom is 0.271 e. The van der Waals surface area contributed by atoms with E-state index >= 15 is 0 Å². The molecule has 3 heterocycles. The first kappa shape index (κ1) is 12.4. The number of piperidine rings is 1. The number of fused-ring (bicyclic) bond motifs is 3. The van der Waals surface area contributed by atoms with Crippen LogP contribution < -0.4 is 4.90 Å². The fourth-order valence-corrected chi connectivity index (χ4v) is 2.89. The first-order valence-corrected chi connectivity index (χ1v) is 6.45. The molecule has 0 aromatic heterocycles. The van der Waals surface area contributed by atoms with E-state index in [0.29, 0.717) is 18.2 Å². The minimum Gasteiger partial charge on any atom is -0.392 e. The van der Waals surface area contributed by atoms with Crippen LogP contribution in [0, 0.1) is 10.1 Å². The van der Waals surface area contributed by atoms with Gasteiger partial charge >= 0.3 is 0 Å². The second-order valence-corrected chi connectivity index (χ2v) is 5.11. The van der Waals surface area contributed by atoms with Gasteiger partial charge in [-0.2, -0.15) is 0 Å². The second-order valence-electron chi connectivity index (χ2n) is 5.11. The Kier molecular flexibility index (Phi) is 3.12. The number of morpholine rings is 1. The fraction of sp³-hybridized carbons (Fsp3) is 0.538. The molecule has 0 saturated carbocycles. The van der Waals surface area contributed by atoms with Crippen molar-refractivity contribution >= 4 is 11.4 Å². The molecule has 0 amide bonds. The van der Waals surface area contributed by atoms with E-state index < -0.39 is 4.92 Å². The van der Waals surface area contributed by atoms with E-state index in [9.17, 15) is 15.2 Å². The molecule has 3 saturated heterocycles. The van der Waals surface area contributed by atoms with Crippen molar-refractivity contribution in [3.8, 4) is 0 Å². The molecule has 4 rings (SSSR count). The maximum absolute atomic E-state index is 10.9. The number of aliphatic hydroxyl groups is 1. The quantitative estimate of drug-likeness (QED) is 0.660. The second kappa shape index (κ2) is 4.79. The summed E-state index contributed by atoms with van der Waals surface area (Å²) in [4.78, 5) is 12.7. The van der Waals surface area contributed by atoms with Crippen molar-refractivity contribution in [2.45, 2.75) is 31.6 Å². The van der Waals surface area contributed by atoms with Gasteiger partial charge in [0.2, 0.25) is 0 Å². The van der Waals surface area contributed by atoms with Crippen molar-refractivity contribution in [1.82, 2.24) is 0 Å². The predicted octanol–water partition coefficient (Wildman–Crippen LogP) is 1.45. The number of non-ortho nitro benzene ring substituents is 1. The van der Waals surface area contributed by atoms with Crippen LogP contribution >= 0.6 is 0 Å². The van der Waals surface area contributed by atoms with Crippen molar-refractivity contribution in [2.24, 2.45) is 0 Å². The molecule has 6 heteroatoms. The Morgan fingerprint density at radius 3 is 2.79 bits per heavy atom. The SMILES string of the molecule is O=[N+]([O-])c1cc(CO)cc(N2CC3CCC2CO3)c1. The largest absolute Gasteiger partial charge is 0.392 e. The molecule has 3 aliphatic rings. The third kappa shape index (κ3) is 2.29. The first-order chi connectivity index (χ1) is 9.17. The highest BCUT2D eigenvalue weighted by molar-refractivity contribution is 5.57. The number of ether oxygens (including phenoxy) is 1. The summed E-state index contributed by atoms with van der Waals surface area (Å²) in [7, 11) is 0. The van der Waals surface area contributed by atoms with Gasteiger partial charge in [-0.25, -0.2) is 0 Å². The van der Waals surface area contributed by atoms with Gasteiger partial charge in [-0.05, 0) is 24.5 Å². The summed E-state index contributed by atoms with van der Waals surface area (Å²) in [5, 5.41) is 20.2. The zero-order valence-electron chi connectivity index (χ0n) is 10.5. The van der Waals surface area contributed by atoms with Gasteiger partial charge in [0.25, 0.3) is 5.69 Å². The summed E-state index contributed by atoms with van der Waals surface area (Å²) in [6, 6.07) is 5.12. The van der Waals surface area contributed by atoms with Gasteiger partial charge in [0.05, 0.1) is 30.3 Å². The van der Waals surface area contributed by atoms with Gasteiger partial charge in [-0.15, -0.1) is 0 Å². The van der Waals surface area contributed by atoms with Crippen LogP contribution in [0.25, 0.3) is 0 Å². The van der Waals surface area contributed by atoms with Crippen LogP contribution in [0.3, 0.4) is 0 Å². The molecule has 0 spiro atoms. The van der Waals surface area contributed by atoms with Crippen LogP contribution in [-0.2, 0) is 11.3 Å². The van der Waals surface area contributed by atoms with Crippen LogP contribution in [0.15, 0.2) is 18.2 Å². The Bertz CT molecular complexity index is 497. The van der Waals surface area contributed by atoms with Crippen LogP contribution in [0.1, 0.15) is 18.4 Å². The Morgan fingerprint density at radius 2 is 2.26 bits per heavy atom. The van der Waals surface area contributed by atoms with Crippen molar-refractivity contribution in [3.63, 3.8) is 0 Å². The highest BCUT2D eigenvalue weighted by atomic mass is 16.6. The molecule has 2 unspecified atom stereocenters. The molecule has 3 fully saturated rings. The monoisotopic (exact) mass is 264 g/mol. The van der Waals surface area contributed by atoms with Crippen molar-refractivity contribution < 1.29 is 14.8 Å². The first-order valence-electron chi connectivity index (χ1n) is 6.45. The van der Waals surface area contributed by atoms with E-state index in [1.165, 1.54) is 6.07 Å². The molecule has 6 nitrogen and oxygen atoms in total. The number of hydrogen-bond donors (Lipinski definition) is 1. The lowest BCUT2D eigenvalue weighted by molar-refractivity contribution is -0.384. The molecule has 19 heavy (non-hydrogen) atoms. The Balaban J connectivity index is 1.95. The normalized spacial score (nSPS) is 25.6. The van der Waals surface area contributed by atoms with Crippen LogP contribution in [0.2, 0.25) is 0 Å². The summed E-state index contributed by atoms with van der Waals surface area (Å²) in [5.41, 5.74) is 1.42. The highest BCUT2D eigenvalue weighted by Gasteiger charge is 2.35. The van der Waals surface area contributed by atoms with Gasteiger partial charge in [-0.1, -0.05) is 0 Å². The summed E-state index contributed by atoms with van der Waals surface area (Å²) in [6.07, 6.45) is 2.34. The van der Waals surface area contributed by atoms with E-state index in [2.05, 4.69) is 4.90 Å². The van der Waals surface area contributed by atoms with Crippen molar-refractivity contribution in [3.05, 3.63) is 33.9 Å². The average molecular weight is 264 g/mol. The lowest BCUT2D eigenvalue weighted by Crippen LogP contribution is -2.54. The van der Waals surface area contributed by atoms with Crippen LogP contribution in [0.4, 0.5) is 11.4 Å². The molecule has 3 aliphatic heterocycles. The highest BCUT2D eigenvalue weighted by Crippen LogP contribution is 2.33. The average Bonchev–Trinajstić information content (AvgIpc) is 2.47. The lowest BCUT2D eigenvalue weighted by Gasteiger charge is -2.46. The summed E-state index contributed by atoms with van der Waals surface area (Å²) < 4.78 is 5.64. The van der Waals surface area contributed by atoms with Crippen molar-refractivity contribution in [2.75, 3.05) is 18.1 Å². The van der Waals surface area contributed by atoms with Gasteiger partial charge in [-0.3, -0.25) is 10.1 Å². The van der Waals surface area contributed by atoms with Crippen molar-refractivity contribution in [1.29, 1.82) is 0 Å². The van der Waals surface area contributed by atoms with Gasteiger partial charge in [0.1, 0.15) is 0 Å². The number of nitrogens with zero attached hydrogens (tertiary/aromatic N) is 2. The molecular weight excluding hydrogens is 248 g/mol. The number of hydrogen-bond acceptors (Lipinski definition) is 5. The molecular formula is C13H16N2O4. The fourth-order valence-electron chi connectivity index (χ4n) is 2.89. The molecule has 0 radical (unpaired) electrons.